The number of nitrogens with zero attached hydrogens (tertiary/aromatic N) is 1. The molecule has 126 valence electrons. The molecule has 2 aliphatic heterocycles. The van der Waals surface area contributed by atoms with Gasteiger partial charge in [0.05, 0.1) is 24.3 Å². The van der Waals surface area contributed by atoms with Gasteiger partial charge in [-0.05, 0) is 25.0 Å². The van der Waals surface area contributed by atoms with Gasteiger partial charge in [0.2, 0.25) is 0 Å². The largest absolute Gasteiger partial charge is 0.417 e. The molecule has 7 heteroatoms. The number of likely N-dealkylation sites (tertiary alicyclic amines) is 1. The molecule has 0 atom stereocenters. The molecular formula is C16H18F3NO3. The zero-order valence-corrected chi connectivity index (χ0v) is 12.5. The summed E-state index contributed by atoms with van der Waals surface area (Å²) in [5.74, 6) is -0.371. The van der Waals surface area contributed by atoms with Gasteiger partial charge in [0.15, 0.2) is 6.29 Å². The summed E-state index contributed by atoms with van der Waals surface area (Å²) >= 11 is 0. The van der Waals surface area contributed by atoms with E-state index in [0.717, 1.165) is 6.07 Å². The highest BCUT2D eigenvalue weighted by molar-refractivity contribution is 5.96. The number of alkyl halides is 3. The molecule has 0 saturated carbocycles. The average molecular weight is 329 g/mol. The maximum absolute atomic E-state index is 13.0. The van der Waals surface area contributed by atoms with E-state index in [4.69, 9.17) is 9.47 Å². The third-order valence-electron chi connectivity index (χ3n) is 4.32. The van der Waals surface area contributed by atoms with E-state index < -0.39 is 17.6 Å². The second-order valence-corrected chi connectivity index (χ2v) is 5.78. The van der Waals surface area contributed by atoms with Crippen molar-refractivity contribution in [3.8, 4) is 0 Å². The quantitative estimate of drug-likeness (QED) is 0.837. The van der Waals surface area contributed by atoms with Crippen LogP contribution in [0, 0.1) is 5.92 Å². The van der Waals surface area contributed by atoms with Crippen molar-refractivity contribution in [1.82, 2.24) is 4.90 Å². The summed E-state index contributed by atoms with van der Waals surface area (Å²) in [6.07, 6.45) is -3.43. The first kappa shape index (κ1) is 16.3. The predicted molar refractivity (Wildman–Crippen MR) is 75.8 cm³/mol. The van der Waals surface area contributed by atoms with Crippen molar-refractivity contribution in [1.29, 1.82) is 0 Å². The van der Waals surface area contributed by atoms with Gasteiger partial charge in [-0.1, -0.05) is 12.1 Å². The van der Waals surface area contributed by atoms with E-state index in [2.05, 4.69) is 0 Å². The first-order valence-electron chi connectivity index (χ1n) is 7.65. The van der Waals surface area contributed by atoms with Crippen LogP contribution in [0.3, 0.4) is 0 Å². The third-order valence-corrected chi connectivity index (χ3v) is 4.32. The molecular weight excluding hydrogens is 311 g/mol. The number of hydrogen-bond acceptors (Lipinski definition) is 3. The van der Waals surface area contributed by atoms with Crippen LogP contribution in [0.2, 0.25) is 0 Å². The molecule has 23 heavy (non-hydrogen) atoms. The van der Waals surface area contributed by atoms with E-state index in [1.165, 1.54) is 23.1 Å². The lowest BCUT2D eigenvalue weighted by molar-refractivity contribution is -0.138. The van der Waals surface area contributed by atoms with E-state index in [1.54, 1.807) is 0 Å². The molecule has 4 nitrogen and oxygen atoms in total. The summed E-state index contributed by atoms with van der Waals surface area (Å²) in [6.45, 7) is 1.98. The Kier molecular flexibility index (Phi) is 4.59. The molecule has 0 unspecified atom stereocenters. The number of rotatable bonds is 2. The average Bonchev–Trinajstić information content (AvgIpc) is 3.08. The monoisotopic (exact) mass is 329 g/mol. The van der Waals surface area contributed by atoms with Crippen molar-refractivity contribution in [2.24, 2.45) is 5.92 Å². The number of halogens is 3. The maximum Gasteiger partial charge on any atom is 0.417 e. The minimum absolute atomic E-state index is 0.194. The van der Waals surface area contributed by atoms with Crippen molar-refractivity contribution in [3.63, 3.8) is 0 Å². The van der Waals surface area contributed by atoms with Crippen molar-refractivity contribution in [3.05, 3.63) is 35.4 Å². The van der Waals surface area contributed by atoms with Crippen LogP contribution < -0.4 is 0 Å². The second-order valence-electron chi connectivity index (χ2n) is 5.78. The highest BCUT2D eigenvalue weighted by atomic mass is 19.4. The Balaban J connectivity index is 1.68. The lowest BCUT2D eigenvalue weighted by Gasteiger charge is -2.34. The minimum atomic E-state index is -4.53. The third kappa shape index (κ3) is 3.50. The van der Waals surface area contributed by atoms with Gasteiger partial charge in [-0.2, -0.15) is 13.2 Å². The Labute approximate surface area is 132 Å². The van der Waals surface area contributed by atoms with Gasteiger partial charge in [-0.3, -0.25) is 4.79 Å². The van der Waals surface area contributed by atoms with Gasteiger partial charge in [0.25, 0.3) is 5.91 Å². The Hall–Kier alpha value is -1.60. The number of hydrogen-bond donors (Lipinski definition) is 0. The van der Waals surface area contributed by atoms with Gasteiger partial charge in [0, 0.05) is 19.0 Å². The molecule has 0 aliphatic carbocycles. The predicted octanol–water partition coefficient (Wildman–Crippen LogP) is 2.93. The SMILES string of the molecule is O=C(c1ccccc1C(F)(F)F)N1CCC(C2OCCO2)CC1. The number of carbonyl (C=O) groups is 1. The number of piperidine rings is 1. The molecule has 1 aromatic carbocycles. The van der Waals surface area contributed by atoms with Gasteiger partial charge in [0.1, 0.15) is 0 Å². The van der Waals surface area contributed by atoms with Gasteiger partial charge >= 0.3 is 6.18 Å². The summed E-state index contributed by atoms with van der Waals surface area (Å²) in [6, 6.07) is 4.93. The topological polar surface area (TPSA) is 38.8 Å². The summed E-state index contributed by atoms with van der Waals surface area (Å²) in [5.41, 5.74) is -1.17. The Morgan fingerprint density at radius 1 is 1.09 bits per heavy atom. The molecule has 0 aromatic heterocycles. The van der Waals surface area contributed by atoms with Crippen molar-refractivity contribution < 1.29 is 27.4 Å². The van der Waals surface area contributed by atoms with Crippen LogP contribution >= 0.6 is 0 Å². The molecule has 2 fully saturated rings. The summed E-state index contributed by atoms with van der Waals surface area (Å²) in [4.78, 5) is 13.9. The first-order chi connectivity index (χ1) is 11.0. The molecule has 2 saturated heterocycles. The fourth-order valence-electron chi connectivity index (χ4n) is 3.11. The Morgan fingerprint density at radius 3 is 2.30 bits per heavy atom. The Bertz CT molecular complexity index is 562. The highest BCUT2D eigenvalue weighted by Crippen LogP contribution is 2.33. The van der Waals surface area contributed by atoms with Gasteiger partial charge in [-0.15, -0.1) is 0 Å². The summed E-state index contributed by atoms with van der Waals surface area (Å²) < 4.78 is 50.0. The smallest absolute Gasteiger partial charge is 0.350 e. The van der Waals surface area contributed by atoms with Crippen LogP contribution in [0.5, 0.6) is 0 Å². The van der Waals surface area contributed by atoms with Crippen molar-refractivity contribution in [2.45, 2.75) is 25.3 Å². The molecule has 1 aromatic rings. The van der Waals surface area contributed by atoms with Crippen molar-refractivity contribution in [2.75, 3.05) is 26.3 Å². The molecule has 1 amide bonds. The zero-order chi connectivity index (χ0) is 16.4. The van der Waals surface area contributed by atoms with E-state index >= 15 is 0 Å². The van der Waals surface area contributed by atoms with E-state index in [-0.39, 0.29) is 17.8 Å². The van der Waals surface area contributed by atoms with Crippen LogP contribution in [-0.2, 0) is 15.7 Å². The maximum atomic E-state index is 13.0. The standard InChI is InChI=1S/C16H18F3NO3/c17-16(18,19)13-4-2-1-3-12(13)14(21)20-7-5-11(6-8-20)15-22-9-10-23-15/h1-4,11,15H,5-10H2. The summed E-state index contributed by atoms with van der Waals surface area (Å²) in [7, 11) is 0. The van der Waals surface area contributed by atoms with Crippen LogP contribution in [-0.4, -0.2) is 43.4 Å². The van der Waals surface area contributed by atoms with Crippen LogP contribution in [0.15, 0.2) is 24.3 Å². The molecule has 2 aliphatic rings. The molecule has 3 rings (SSSR count). The zero-order valence-electron chi connectivity index (χ0n) is 12.5. The Morgan fingerprint density at radius 2 is 1.70 bits per heavy atom. The molecule has 2 heterocycles. The van der Waals surface area contributed by atoms with E-state index in [9.17, 15) is 18.0 Å². The normalized spacial score (nSPS) is 20.9. The number of benzene rings is 1. The second kappa shape index (κ2) is 6.49. The number of carbonyl (C=O) groups excluding carboxylic acids is 1. The molecule has 0 N–H and O–H groups in total. The summed E-state index contributed by atoms with van der Waals surface area (Å²) in [5, 5.41) is 0. The molecule has 0 radical (unpaired) electrons. The lowest BCUT2D eigenvalue weighted by Crippen LogP contribution is -2.42. The minimum Gasteiger partial charge on any atom is -0.350 e. The van der Waals surface area contributed by atoms with Gasteiger partial charge in [-0.25, -0.2) is 0 Å². The van der Waals surface area contributed by atoms with Gasteiger partial charge < -0.3 is 14.4 Å². The lowest BCUT2D eigenvalue weighted by atomic mass is 9.95. The number of ether oxygens (including phenoxy) is 2. The fraction of sp³-hybridized carbons (Fsp3) is 0.562. The van der Waals surface area contributed by atoms with E-state index in [0.29, 0.717) is 39.1 Å². The van der Waals surface area contributed by atoms with Crippen LogP contribution in [0.1, 0.15) is 28.8 Å². The molecule has 0 spiro atoms. The first-order valence-corrected chi connectivity index (χ1v) is 7.65. The van der Waals surface area contributed by atoms with Crippen molar-refractivity contribution >= 4 is 5.91 Å². The fourth-order valence-corrected chi connectivity index (χ4v) is 3.11. The highest BCUT2D eigenvalue weighted by Gasteiger charge is 2.37. The van der Waals surface area contributed by atoms with Crippen LogP contribution in [0.4, 0.5) is 13.2 Å². The molecule has 0 bridgehead atoms. The van der Waals surface area contributed by atoms with E-state index in [1.807, 2.05) is 0 Å². The number of amides is 1. The van der Waals surface area contributed by atoms with Crippen LogP contribution in [0.25, 0.3) is 0 Å².